The van der Waals surface area contributed by atoms with Crippen LogP contribution in [0.4, 0.5) is 4.39 Å². The molecule has 1 heterocycles. The number of hydrogen-bond acceptors (Lipinski definition) is 4. The maximum absolute atomic E-state index is 14.1. The van der Waals surface area contributed by atoms with Crippen LogP contribution in [0.5, 0.6) is 0 Å². The molecule has 2 rings (SSSR count). The van der Waals surface area contributed by atoms with Crippen LogP contribution < -0.4 is 0 Å². The number of carboxylic acids is 1. The number of aromatic carboxylic acids is 1. The van der Waals surface area contributed by atoms with Crippen molar-refractivity contribution in [1.82, 2.24) is 9.97 Å². The fourth-order valence-electron chi connectivity index (χ4n) is 2.06. The van der Waals surface area contributed by atoms with Gasteiger partial charge in [0.1, 0.15) is 12.0 Å². The van der Waals surface area contributed by atoms with E-state index in [1.165, 1.54) is 18.5 Å². The molecule has 0 saturated heterocycles. The van der Waals surface area contributed by atoms with Gasteiger partial charge >= 0.3 is 5.97 Å². The van der Waals surface area contributed by atoms with Crippen LogP contribution >= 0.6 is 0 Å². The molecule has 0 aliphatic rings. The monoisotopic (exact) mass is 362 g/mol. The Labute approximate surface area is 148 Å². The minimum Gasteiger partial charge on any atom is -0.478 e. The van der Waals surface area contributed by atoms with Crippen molar-refractivity contribution in [2.75, 3.05) is 0 Å². The lowest BCUT2D eigenvalue weighted by molar-refractivity contribution is 0.0696. The third-order valence-electron chi connectivity index (χ3n) is 4.67. The second-order valence-corrected chi connectivity index (χ2v) is 12.3. The second-order valence-electron chi connectivity index (χ2n) is 7.45. The van der Waals surface area contributed by atoms with E-state index < -0.39 is 20.1 Å². The maximum Gasteiger partial charge on any atom is 0.335 e. The van der Waals surface area contributed by atoms with Crippen LogP contribution in [0.2, 0.25) is 18.1 Å². The van der Waals surface area contributed by atoms with Gasteiger partial charge in [-0.1, -0.05) is 26.8 Å². The Balaban J connectivity index is 2.45. The number of halogens is 1. The van der Waals surface area contributed by atoms with Crippen molar-refractivity contribution in [3.05, 3.63) is 47.7 Å². The SMILES string of the molecule is CC(C)(C)[Si](C)(C)OCc1cc(C(=O)O)ccc1-c1ncncc1F. The van der Waals surface area contributed by atoms with Gasteiger partial charge < -0.3 is 9.53 Å². The predicted molar refractivity (Wildman–Crippen MR) is 96.4 cm³/mol. The number of rotatable bonds is 5. The van der Waals surface area contributed by atoms with Gasteiger partial charge in [-0.2, -0.15) is 0 Å². The molecule has 2 aromatic rings. The van der Waals surface area contributed by atoms with E-state index in [1.807, 2.05) is 0 Å². The van der Waals surface area contributed by atoms with E-state index in [1.54, 1.807) is 6.07 Å². The smallest absolute Gasteiger partial charge is 0.335 e. The van der Waals surface area contributed by atoms with Crippen LogP contribution in [-0.4, -0.2) is 29.4 Å². The standard InChI is InChI=1S/C18H23FN2O3Si/c1-18(2,3)25(4,5)24-10-13-8-12(17(22)23)6-7-14(13)16-15(19)9-20-11-21-16/h6-9,11H,10H2,1-5H3,(H,22,23). The van der Waals surface area contributed by atoms with Gasteiger partial charge in [0.25, 0.3) is 0 Å². The molecule has 0 fully saturated rings. The van der Waals surface area contributed by atoms with Crippen molar-refractivity contribution in [2.24, 2.45) is 0 Å². The fraction of sp³-hybridized carbons (Fsp3) is 0.389. The lowest BCUT2D eigenvalue weighted by Gasteiger charge is -2.36. The number of nitrogens with zero attached hydrogens (tertiary/aromatic N) is 2. The summed E-state index contributed by atoms with van der Waals surface area (Å²) in [5, 5.41) is 9.26. The predicted octanol–water partition coefficient (Wildman–Crippen LogP) is 4.50. The topological polar surface area (TPSA) is 72.3 Å². The lowest BCUT2D eigenvalue weighted by Crippen LogP contribution is -2.40. The Morgan fingerprint density at radius 1 is 1.32 bits per heavy atom. The highest BCUT2D eigenvalue weighted by Crippen LogP contribution is 2.37. The van der Waals surface area contributed by atoms with Crippen LogP contribution in [0.25, 0.3) is 11.3 Å². The summed E-state index contributed by atoms with van der Waals surface area (Å²) in [4.78, 5) is 19.0. The van der Waals surface area contributed by atoms with E-state index in [0.29, 0.717) is 11.1 Å². The summed E-state index contributed by atoms with van der Waals surface area (Å²) in [6.07, 6.45) is 2.36. The molecular formula is C18H23FN2O3Si. The molecule has 1 N–H and O–H groups in total. The van der Waals surface area contributed by atoms with Gasteiger partial charge in [0.15, 0.2) is 14.1 Å². The second kappa shape index (κ2) is 7.01. The van der Waals surface area contributed by atoms with Gasteiger partial charge in [-0.3, -0.25) is 0 Å². The zero-order chi connectivity index (χ0) is 18.8. The van der Waals surface area contributed by atoms with E-state index in [2.05, 4.69) is 43.8 Å². The molecule has 0 aliphatic heterocycles. The summed E-state index contributed by atoms with van der Waals surface area (Å²) in [7, 11) is -2.04. The quantitative estimate of drug-likeness (QED) is 0.793. The van der Waals surface area contributed by atoms with Crippen LogP contribution in [0.3, 0.4) is 0 Å². The van der Waals surface area contributed by atoms with Crippen LogP contribution in [0, 0.1) is 5.82 Å². The highest BCUT2D eigenvalue weighted by atomic mass is 28.4. The highest BCUT2D eigenvalue weighted by Gasteiger charge is 2.37. The molecule has 0 amide bonds. The molecule has 0 atom stereocenters. The molecule has 0 spiro atoms. The molecule has 0 radical (unpaired) electrons. The summed E-state index contributed by atoms with van der Waals surface area (Å²) >= 11 is 0. The Morgan fingerprint density at radius 3 is 2.56 bits per heavy atom. The Bertz CT molecular complexity index is 788. The van der Waals surface area contributed by atoms with Gasteiger partial charge in [0, 0.05) is 5.56 Å². The van der Waals surface area contributed by atoms with Crippen LogP contribution in [0.15, 0.2) is 30.7 Å². The summed E-state index contributed by atoms with van der Waals surface area (Å²) < 4.78 is 20.3. The molecule has 1 aromatic carbocycles. The Hall–Kier alpha value is -2.12. The van der Waals surface area contributed by atoms with Crippen molar-refractivity contribution >= 4 is 14.3 Å². The van der Waals surface area contributed by atoms with Crippen molar-refractivity contribution in [1.29, 1.82) is 0 Å². The third-order valence-corrected chi connectivity index (χ3v) is 9.15. The first-order chi connectivity index (χ1) is 11.5. The number of benzene rings is 1. The first-order valence-corrected chi connectivity index (χ1v) is 10.9. The largest absolute Gasteiger partial charge is 0.478 e. The van der Waals surface area contributed by atoms with Crippen molar-refractivity contribution in [3.8, 4) is 11.3 Å². The summed E-state index contributed by atoms with van der Waals surface area (Å²) in [6.45, 7) is 10.8. The fourth-order valence-corrected chi connectivity index (χ4v) is 3.01. The van der Waals surface area contributed by atoms with E-state index >= 15 is 0 Å². The zero-order valence-corrected chi connectivity index (χ0v) is 16.1. The van der Waals surface area contributed by atoms with Crippen LogP contribution in [-0.2, 0) is 11.0 Å². The first kappa shape index (κ1) is 19.2. The normalized spacial score (nSPS) is 12.2. The van der Waals surface area contributed by atoms with Gasteiger partial charge in [0.05, 0.1) is 18.4 Å². The molecule has 134 valence electrons. The number of carbonyl (C=O) groups is 1. The van der Waals surface area contributed by atoms with Gasteiger partial charge in [-0.15, -0.1) is 0 Å². The van der Waals surface area contributed by atoms with Crippen molar-refractivity contribution in [3.63, 3.8) is 0 Å². The molecular weight excluding hydrogens is 339 g/mol. The van der Waals surface area contributed by atoms with E-state index in [9.17, 15) is 14.3 Å². The molecule has 5 nitrogen and oxygen atoms in total. The number of aromatic nitrogens is 2. The average Bonchev–Trinajstić information content (AvgIpc) is 2.52. The Kier molecular flexibility index (Phi) is 5.39. The summed E-state index contributed by atoms with van der Waals surface area (Å²) in [6, 6.07) is 4.53. The van der Waals surface area contributed by atoms with Gasteiger partial charge in [-0.05, 0) is 35.8 Å². The van der Waals surface area contributed by atoms with Crippen molar-refractivity contribution in [2.45, 2.75) is 45.5 Å². The summed E-state index contributed by atoms with van der Waals surface area (Å²) in [5.74, 6) is -1.59. The third kappa shape index (κ3) is 4.29. The van der Waals surface area contributed by atoms with Gasteiger partial charge in [-0.25, -0.2) is 19.2 Å². The average molecular weight is 362 g/mol. The van der Waals surface area contributed by atoms with Crippen LogP contribution in [0.1, 0.15) is 36.7 Å². The molecule has 0 bridgehead atoms. The minimum absolute atomic E-state index is 0.0116. The van der Waals surface area contributed by atoms with Crippen molar-refractivity contribution < 1.29 is 18.7 Å². The minimum atomic E-state index is -2.04. The first-order valence-electron chi connectivity index (χ1n) is 7.99. The molecule has 0 unspecified atom stereocenters. The lowest BCUT2D eigenvalue weighted by atomic mass is 10.0. The summed E-state index contributed by atoms with van der Waals surface area (Å²) in [5.41, 5.74) is 1.39. The molecule has 0 saturated carbocycles. The molecule has 1 aromatic heterocycles. The zero-order valence-electron chi connectivity index (χ0n) is 15.1. The van der Waals surface area contributed by atoms with E-state index in [-0.39, 0.29) is 22.9 Å². The highest BCUT2D eigenvalue weighted by molar-refractivity contribution is 6.74. The van der Waals surface area contributed by atoms with E-state index in [0.717, 1.165) is 6.20 Å². The molecule has 0 aliphatic carbocycles. The molecule has 7 heteroatoms. The number of hydrogen-bond donors (Lipinski definition) is 1. The number of carboxylic acid groups (broad SMARTS) is 1. The Morgan fingerprint density at radius 2 is 2.00 bits per heavy atom. The maximum atomic E-state index is 14.1. The van der Waals surface area contributed by atoms with Gasteiger partial charge in [0.2, 0.25) is 0 Å². The molecule has 25 heavy (non-hydrogen) atoms. The van der Waals surface area contributed by atoms with E-state index in [4.69, 9.17) is 4.43 Å².